The van der Waals surface area contributed by atoms with E-state index in [4.69, 9.17) is 4.98 Å². The molecule has 0 bridgehead atoms. The van der Waals surface area contributed by atoms with E-state index in [1.54, 1.807) is 0 Å². The summed E-state index contributed by atoms with van der Waals surface area (Å²) in [5, 5.41) is 10.4. The Morgan fingerprint density at radius 2 is 2.05 bits per heavy atom. The van der Waals surface area contributed by atoms with E-state index in [0.29, 0.717) is 6.42 Å². The number of rotatable bonds is 6. The summed E-state index contributed by atoms with van der Waals surface area (Å²) in [4.78, 5) is 4.71. The van der Waals surface area contributed by atoms with Crippen molar-refractivity contribution in [3.8, 4) is 0 Å². The predicted molar refractivity (Wildman–Crippen MR) is 86.3 cm³/mol. The summed E-state index contributed by atoms with van der Waals surface area (Å²) in [6.07, 6.45) is 7.99. The summed E-state index contributed by atoms with van der Waals surface area (Å²) in [7, 11) is 0. The summed E-state index contributed by atoms with van der Waals surface area (Å²) >= 11 is 0. The normalized spacial score (nSPS) is 17.6. The van der Waals surface area contributed by atoms with Gasteiger partial charge in [-0.1, -0.05) is 37.8 Å². The van der Waals surface area contributed by atoms with Gasteiger partial charge in [0.25, 0.3) is 0 Å². The lowest BCUT2D eigenvalue weighted by Gasteiger charge is -2.14. The Balaban J connectivity index is 1.65. The number of hydrogen-bond acceptors (Lipinski definition) is 2. The Morgan fingerprint density at radius 3 is 2.81 bits per heavy atom. The molecule has 1 aromatic heterocycles. The van der Waals surface area contributed by atoms with Gasteiger partial charge in [-0.05, 0) is 37.8 Å². The molecule has 2 aromatic rings. The van der Waals surface area contributed by atoms with Crippen LogP contribution >= 0.6 is 0 Å². The quantitative estimate of drug-likeness (QED) is 0.873. The van der Waals surface area contributed by atoms with Crippen LogP contribution in [0.2, 0.25) is 0 Å². The molecule has 0 spiro atoms. The number of aliphatic hydroxyl groups excluding tert-OH is 1. The third-order valence-electron chi connectivity index (χ3n) is 4.85. The first-order valence-electron chi connectivity index (χ1n) is 8.40. The molecule has 114 valence electrons. The van der Waals surface area contributed by atoms with Crippen LogP contribution in [0.1, 0.15) is 51.3 Å². The maximum atomic E-state index is 10.4. The Morgan fingerprint density at radius 1 is 1.29 bits per heavy atom. The van der Waals surface area contributed by atoms with Gasteiger partial charge in [0, 0.05) is 13.0 Å². The van der Waals surface area contributed by atoms with Gasteiger partial charge >= 0.3 is 0 Å². The van der Waals surface area contributed by atoms with Crippen LogP contribution < -0.4 is 0 Å². The second-order valence-electron chi connectivity index (χ2n) is 6.35. The monoisotopic (exact) mass is 286 g/mol. The molecule has 0 saturated heterocycles. The molecule has 3 rings (SSSR count). The van der Waals surface area contributed by atoms with E-state index in [9.17, 15) is 5.11 Å². The molecule has 0 radical (unpaired) electrons. The highest BCUT2D eigenvalue weighted by Crippen LogP contribution is 2.29. The highest BCUT2D eigenvalue weighted by atomic mass is 16.3. The van der Waals surface area contributed by atoms with E-state index in [1.807, 2.05) is 6.07 Å². The number of aliphatic hydroxyl groups is 1. The largest absolute Gasteiger partial charge is 0.393 e. The molecule has 1 saturated carbocycles. The topological polar surface area (TPSA) is 38.0 Å². The molecule has 3 nitrogen and oxygen atoms in total. The Bertz CT molecular complexity index is 584. The molecule has 1 fully saturated rings. The van der Waals surface area contributed by atoms with Crippen LogP contribution in [0, 0.1) is 5.92 Å². The van der Waals surface area contributed by atoms with Crippen molar-refractivity contribution in [3.63, 3.8) is 0 Å². The summed E-state index contributed by atoms with van der Waals surface area (Å²) in [6, 6.07) is 8.24. The molecule has 1 heterocycles. The molecule has 21 heavy (non-hydrogen) atoms. The molecular weight excluding hydrogens is 260 g/mol. The van der Waals surface area contributed by atoms with Gasteiger partial charge in [-0.2, -0.15) is 0 Å². The standard InChI is InChI=1S/C18H26N2O/c1-2-20-17-10-6-5-9-16(17)19-18(20)13-15(21)12-11-14-7-3-4-8-14/h5-6,9-10,14-15,21H,2-4,7-8,11-13H2,1H3. The van der Waals surface area contributed by atoms with Crippen molar-refractivity contribution < 1.29 is 5.11 Å². The molecular formula is C18H26N2O. The van der Waals surface area contributed by atoms with Crippen LogP contribution in [0.5, 0.6) is 0 Å². The van der Waals surface area contributed by atoms with E-state index in [2.05, 4.69) is 29.7 Å². The lowest BCUT2D eigenvalue weighted by atomic mass is 9.98. The zero-order valence-corrected chi connectivity index (χ0v) is 13.0. The van der Waals surface area contributed by atoms with E-state index in [1.165, 1.54) is 37.6 Å². The van der Waals surface area contributed by atoms with Crippen molar-refractivity contribution in [2.45, 2.75) is 64.5 Å². The van der Waals surface area contributed by atoms with E-state index in [0.717, 1.165) is 30.2 Å². The van der Waals surface area contributed by atoms with Crippen LogP contribution in [-0.2, 0) is 13.0 Å². The highest BCUT2D eigenvalue weighted by Gasteiger charge is 2.18. The number of fused-ring (bicyclic) bond motifs is 1. The number of nitrogens with zero attached hydrogens (tertiary/aromatic N) is 2. The van der Waals surface area contributed by atoms with Crippen molar-refractivity contribution in [3.05, 3.63) is 30.1 Å². The maximum absolute atomic E-state index is 10.4. The highest BCUT2D eigenvalue weighted by molar-refractivity contribution is 5.75. The molecule has 3 heteroatoms. The number of benzene rings is 1. The first-order valence-corrected chi connectivity index (χ1v) is 8.40. The van der Waals surface area contributed by atoms with E-state index >= 15 is 0 Å². The maximum Gasteiger partial charge on any atom is 0.112 e. The average molecular weight is 286 g/mol. The summed E-state index contributed by atoms with van der Waals surface area (Å²) in [6.45, 7) is 3.05. The number of para-hydroxylation sites is 2. The molecule has 1 atom stereocenters. The second-order valence-corrected chi connectivity index (χ2v) is 6.35. The van der Waals surface area contributed by atoms with Gasteiger partial charge in [-0.15, -0.1) is 0 Å². The van der Waals surface area contributed by atoms with Crippen LogP contribution in [0.4, 0.5) is 0 Å². The predicted octanol–water partition coefficient (Wildman–Crippen LogP) is 3.93. The molecule has 1 N–H and O–H groups in total. The van der Waals surface area contributed by atoms with Gasteiger partial charge in [-0.25, -0.2) is 4.98 Å². The summed E-state index contributed by atoms with van der Waals surface area (Å²) < 4.78 is 2.23. The van der Waals surface area contributed by atoms with Crippen molar-refractivity contribution in [2.24, 2.45) is 5.92 Å². The average Bonchev–Trinajstić information content (AvgIpc) is 3.12. The Kier molecular flexibility index (Phi) is 4.59. The third-order valence-corrected chi connectivity index (χ3v) is 4.85. The molecule has 0 aliphatic heterocycles. The first-order chi connectivity index (χ1) is 10.3. The molecule has 1 aliphatic rings. The van der Waals surface area contributed by atoms with E-state index in [-0.39, 0.29) is 6.10 Å². The van der Waals surface area contributed by atoms with Crippen molar-refractivity contribution in [1.29, 1.82) is 0 Å². The Labute approximate surface area is 127 Å². The Hall–Kier alpha value is -1.35. The minimum atomic E-state index is -0.257. The number of aryl methyl sites for hydroxylation is 1. The second kappa shape index (κ2) is 6.61. The fourth-order valence-corrected chi connectivity index (χ4v) is 3.67. The zero-order valence-electron chi connectivity index (χ0n) is 13.0. The SMILES string of the molecule is CCn1c(CC(O)CCC2CCCC2)nc2ccccc21. The van der Waals surface area contributed by atoms with Crippen LogP contribution in [0.3, 0.4) is 0 Å². The van der Waals surface area contributed by atoms with Crippen molar-refractivity contribution >= 4 is 11.0 Å². The molecule has 0 amide bonds. The summed E-state index contributed by atoms with van der Waals surface area (Å²) in [5.41, 5.74) is 2.22. The minimum Gasteiger partial charge on any atom is -0.393 e. The third kappa shape index (κ3) is 3.29. The van der Waals surface area contributed by atoms with Crippen molar-refractivity contribution in [1.82, 2.24) is 9.55 Å². The van der Waals surface area contributed by atoms with Crippen LogP contribution in [-0.4, -0.2) is 20.8 Å². The van der Waals surface area contributed by atoms with Gasteiger partial charge in [0.05, 0.1) is 17.1 Å². The zero-order chi connectivity index (χ0) is 14.7. The molecule has 1 aliphatic carbocycles. The van der Waals surface area contributed by atoms with Crippen LogP contribution in [0.15, 0.2) is 24.3 Å². The smallest absolute Gasteiger partial charge is 0.112 e. The molecule has 1 aromatic carbocycles. The molecule has 1 unspecified atom stereocenters. The number of imidazole rings is 1. The fourth-order valence-electron chi connectivity index (χ4n) is 3.67. The minimum absolute atomic E-state index is 0.257. The van der Waals surface area contributed by atoms with Gasteiger partial charge in [-0.3, -0.25) is 0 Å². The van der Waals surface area contributed by atoms with Crippen LogP contribution in [0.25, 0.3) is 11.0 Å². The van der Waals surface area contributed by atoms with E-state index < -0.39 is 0 Å². The van der Waals surface area contributed by atoms with Gasteiger partial charge < -0.3 is 9.67 Å². The lowest BCUT2D eigenvalue weighted by Crippen LogP contribution is -2.15. The lowest BCUT2D eigenvalue weighted by molar-refractivity contribution is 0.151. The van der Waals surface area contributed by atoms with Gasteiger partial charge in [0.2, 0.25) is 0 Å². The number of hydrogen-bond donors (Lipinski definition) is 1. The summed E-state index contributed by atoms with van der Waals surface area (Å²) in [5.74, 6) is 1.88. The van der Waals surface area contributed by atoms with Gasteiger partial charge in [0.15, 0.2) is 0 Å². The first kappa shape index (κ1) is 14.6. The van der Waals surface area contributed by atoms with Crippen molar-refractivity contribution in [2.75, 3.05) is 0 Å². The fraction of sp³-hybridized carbons (Fsp3) is 0.611. The van der Waals surface area contributed by atoms with Gasteiger partial charge in [0.1, 0.15) is 5.82 Å². The number of aromatic nitrogens is 2.